The number of carbonyl (C=O) groups excluding carboxylic acids is 1. The number of ether oxygens (including phenoxy) is 1. The van der Waals surface area contributed by atoms with E-state index in [0.717, 1.165) is 0 Å². The van der Waals surface area contributed by atoms with E-state index in [1.807, 2.05) is 26.0 Å². The van der Waals surface area contributed by atoms with Crippen molar-refractivity contribution in [2.45, 2.75) is 20.0 Å². The van der Waals surface area contributed by atoms with Gasteiger partial charge in [0.1, 0.15) is 5.75 Å². The van der Waals surface area contributed by atoms with Crippen molar-refractivity contribution < 1.29 is 9.53 Å². The van der Waals surface area contributed by atoms with Gasteiger partial charge in [-0.1, -0.05) is 23.7 Å². The van der Waals surface area contributed by atoms with Crippen LogP contribution in [0.25, 0.3) is 0 Å². The van der Waals surface area contributed by atoms with Crippen molar-refractivity contribution in [2.24, 2.45) is 0 Å². The lowest BCUT2D eigenvalue weighted by Crippen LogP contribution is -2.10. The molecule has 0 bridgehead atoms. The SMILES string of the molecule is CC(C)Oc1ccccc1C(=O)c1ccc(Cl)c(Br)c1. The predicted molar refractivity (Wildman–Crippen MR) is 84.8 cm³/mol. The van der Waals surface area contributed by atoms with Gasteiger partial charge >= 0.3 is 0 Å². The first-order valence-corrected chi connectivity index (χ1v) is 7.41. The molecule has 0 spiro atoms. The van der Waals surface area contributed by atoms with Gasteiger partial charge in [0.2, 0.25) is 0 Å². The number of hydrogen-bond donors (Lipinski definition) is 0. The van der Waals surface area contributed by atoms with Crippen molar-refractivity contribution in [2.75, 3.05) is 0 Å². The molecular weight excluding hydrogens is 340 g/mol. The largest absolute Gasteiger partial charge is 0.490 e. The maximum Gasteiger partial charge on any atom is 0.196 e. The first-order chi connectivity index (χ1) is 9.49. The van der Waals surface area contributed by atoms with Gasteiger partial charge in [-0.25, -0.2) is 0 Å². The summed E-state index contributed by atoms with van der Waals surface area (Å²) < 4.78 is 6.38. The fraction of sp³-hybridized carbons (Fsp3) is 0.188. The first-order valence-electron chi connectivity index (χ1n) is 6.24. The fourth-order valence-corrected chi connectivity index (χ4v) is 2.30. The Labute approximate surface area is 131 Å². The lowest BCUT2D eigenvalue weighted by molar-refractivity contribution is 0.103. The molecule has 20 heavy (non-hydrogen) atoms. The number of halogens is 2. The molecule has 0 aliphatic carbocycles. The van der Waals surface area contributed by atoms with Crippen LogP contribution in [0, 0.1) is 0 Å². The highest BCUT2D eigenvalue weighted by molar-refractivity contribution is 9.10. The van der Waals surface area contributed by atoms with Crippen LogP contribution in [0.15, 0.2) is 46.9 Å². The van der Waals surface area contributed by atoms with Crippen molar-refractivity contribution >= 4 is 33.3 Å². The monoisotopic (exact) mass is 352 g/mol. The Hall–Kier alpha value is -1.32. The van der Waals surface area contributed by atoms with Gasteiger partial charge in [0.05, 0.1) is 16.7 Å². The molecule has 0 fully saturated rings. The Morgan fingerprint density at radius 2 is 1.90 bits per heavy atom. The van der Waals surface area contributed by atoms with Gasteiger partial charge in [-0.15, -0.1) is 0 Å². The van der Waals surface area contributed by atoms with Gasteiger partial charge in [0, 0.05) is 10.0 Å². The number of benzene rings is 2. The highest BCUT2D eigenvalue weighted by Gasteiger charge is 2.16. The maximum absolute atomic E-state index is 12.6. The van der Waals surface area contributed by atoms with E-state index >= 15 is 0 Å². The van der Waals surface area contributed by atoms with E-state index in [0.29, 0.717) is 26.4 Å². The molecule has 2 aromatic rings. The van der Waals surface area contributed by atoms with Gasteiger partial charge in [-0.3, -0.25) is 4.79 Å². The van der Waals surface area contributed by atoms with Crippen molar-refractivity contribution in [1.82, 2.24) is 0 Å². The van der Waals surface area contributed by atoms with Gasteiger partial charge < -0.3 is 4.74 Å². The minimum absolute atomic E-state index is 0.0147. The molecule has 0 unspecified atom stereocenters. The van der Waals surface area contributed by atoms with Crippen LogP contribution in [0.5, 0.6) is 5.75 Å². The molecule has 4 heteroatoms. The van der Waals surface area contributed by atoms with Crippen molar-refractivity contribution in [3.8, 4) is 5.75 Å². The third kappa shape index (κ3) is 3.41. The zero-order valence-corrected chi connectivity index (χ0v) is 13.5. The van der Waals surface area contributed by atoms with E-state index in [2.05, 4.69) is 15.9 Å². The zero-order valence-electron chi connectivity index (χ0n) is 11.2. The van der Waals surface area contributed by atoms with Crippen molar-refractivity contribution in [1.29, 1.82) is 0 Å². The molecule has 0 N–H and O–H groups in total. The van der Waals surface area contributed by atoms with Gasteiger partial charge in [-0.05, 0) is 60.1 Å². The third-order valence-electron chi connectivity index (χ3n) is 2.68. The Bertz CT molecular complexity index is 638. The molecule has 0 heterocycles. The maximum atomic E-state index is 12.6. The van der Waals surface area contributed by atoms with Crippen LogP contribution >= 0.6 is 27.5 Å². The first kappa shape index (κ1) is 15.1. The molecular formula is C16H14BrClO2. The summed E-state index contributed by atoms with van der Waals surface area (Å²) >= 11 is 9.28. The highest BCUT2D eigenvalue weighted by atomic mass is 79.9. The predicted octanol–water partition coefficient (Wildman–Crippen LogP) is 5.12. The van der Waals surface area contributed by atoms with E-state index in [4.69, 9.17) is 16.3 Å². The Morgan fingerprint density at radius 3 is 2.55 bits per heavy atom. The molecule has 0 aliphatic heterocycles. The average molecular weight is 354 g/mol. The third-order valence-corrected chi connectivity index (χ3v) is 3.89. The molecule has 104 valence electrons. The van der Waals surface area contributed by atoms with Crippen LogP contribution in [0.2, 0.25) is 5.02 Å². The molecule has 0 radical (unpaired) electrons. The van der Waals surface area contributed by atoms with Gasteiger partial charge in [0.15, 0.2) is 5.78 Å². The summed E-state index contributed by atoms with van der Waals surface area (Å²) in [7, 11) is 0. The minimum Gasteiger partial charge on any atom is -0.490 e. The average Bonchev–Trinajstić information content (AvgIpc) is 2.41. The smallest absolute Gasteiger partial charge is 0.196 e. The molecule has 2 rings (SSSR count). The summed E-state index contributed by atoms with van der Waals surface area (Å²) in [5.41, 5.74) is 1.12. The lowest BCUT2D eigenvalue weighted by Gasteiger charge is -2.13. The second-order valence-corrected chi connectivity index (χ2v) is 5.88. The molecule has 2 nitrogen and oxygen atoms in total. The Kier molecular flexibility index (Phi) is 4.84. The minimum atomic E-state index is -0.0846. The summed E-state index contributed by atoms with van der Waals surface area (Å²) in [6.45, 7) is 3.86. The normalized spacial score (nSPS) is 10.7. The standard InChI is InChI=1S/C16H14BrClO2/c1-10(2)20-15-6-4-3-5-12(15)16(19)11-7-8-14(18)13(17)9-11/h3-10H,1-2H3. The highest BCUT2D eigenvalue weighted by Crippen LogP contribution is 2.27. The molecule has 0 aromatic heterocycles. The molecule has 0 saturated heterocycles. The fourth-order valence-electron chi connectivity index (χ4n) is 1.80. The quantitative estimate of drug-likeness (QED) is 0.713. The lowest BCUT2D eigenvalue weighted by atomic mass is 10.0. The summed E-state index contributed by atoms with van der Waals surface area (Å²) in [6.07, 6.45) is 0.0147. The number of ketones is 1. The van der Waals surface area contributed by atoms with Crippen LogP contribution in [-0.4, -0.2) is 11.9 Å². The van der Waals surface area contributed by atoms with Crippen molar-refractivity contribution in [3.05, 3.63) is 63.1 Å². The van der Waals surface area contributed by atoms with Crippen LogP contribution < -0.4 is 4.74 Å². The van der Waals surface area contributed by atoms with E-state index in [-0.39, 0.29) is 11.9 Å². The van der Waals surface area contributed by atoms with Crippen LogP contribution in [0.1, 0.15) is 29.8 Å². The van der Waals surface area contributed by atoms with E-state index < -0.39 is 0 Å². The molecule has 0 saturated carbocycles. The van der Waals surface area contributed by atoms with Gasteiger partial charge in [0.25, 0.3) is 0 Å². The summed E-state index contributed by atoms with van der Waals surface area (Å²) in [5.74, 6) is 0.511. The summed E-state index contributed by atoms with van der Waals surface area (Å²) in [4.78, 5) is 12.6. The summed E-state index contributed by atoms with van der Waals surface area (Å²) in [5, 5.41) is 0.577. The van der Waals surface area contributed by atoms with E-state index in [1.54, 1.807) is 30.3 Å². The number of para-hydroxylation sites is 1. The molecule has 0 atom stereocenters. The number of rotatable bonds is 4. The van der Waals surface area contributed by atoms with Crippen LogP contribution in [0.3, 0.4) is 0 Å². The Balaban J connectivity index is 2.40. The second-order valence-electron chi connectivity index (χ2n) is 4.62. The Morgan fingerprint density at radius 1 is 1.20 bits per heavy atom. The van der Waals surface area contributed by atoms with Crippen molar-refractivity contribution in [3.63, 3.8) is 0 Å². The summed E-state index contributed by atoms with van der Waals surface area (Å²) in [6, 6.07) is 12.4. The molecule has 0 aliphatic rings. The topological polar surface area (TPSA) is 26.3 Å². The van der Waals surface area contributed by atoms with E-state index in [1.165, 1.54) is 0 Å². The van der Waals surface area contributed by atoms with Crippen LogP contribution in [0.4, 0.5) is 0 Å². The number of hydrogen-bond acceptors (Lipinski definition) is 2. The van der Waals surface area contributed by atoms with Crippen LogP contribution in [-0.2, 0) is 0 Å². The zero-order chi connectivity index (χ0) is 14.7. The molecule has 0 amide bonds. The molecule has 2 aromatic carbocycles. The van der Waals surface area contributed by atoms with E-state index in [9.17, 15) is 4.79 Å². The second kappa shape index (κ2) is 6.42. The number of carbonyl (C=O) groups is 1. The van der Waals surface area contributed by atoms with Gasteiger partial charge in [-0.2, -0.15) is 0 Å².